The van der Waals surface area contributed by atoms with Gasteiger partial charge in [0.05, 0.1) is 11.2 Å². The van der Waals surface area contributed by atoms with Crippen molar-refractivity contribution in [2.75, 3.05) is 37.2 Å². The first-order chi connectivity index (χ1) is 10.2. The van der Waals surface area contributed by atoms with E-state index in [1.165, 1.54) is 6.07 Å². The summed E-state index contributed by atoms with van der Waals surface area (Å²) in [5.41, 5.74) is 7.30. The number of nitrogens with one attached hydrogen (secondary N) is 1. The predicted molar refractivity (Wildman–Crippen MR) is 87.0 cm³/mol. The van der Waals surface area contributed by atoms with Gasteiger partial charge in [0.15, 0.2) is 5.82 Å². The van der Waals surface area contributed by atoms with Crippen molar-refractivity contribution in [2.24, 2.45) is 0 Å². The molecule has 21 heavy (non-hydrogen) atoms. The lowest BCUT2D eigenvalue weighted by Crippen LogP contribution is -2.25. The molecule has 1 heterocycles. The van der Waals surface area contributed by atoms with E-state index in [9.17, 15) is 4.39 Å². The molecule has 0 unspecified atom stereocenters. The Bertz CT molecular complexity index is 596. The van der Waals surface area contributed by atoms with Gasteiger partial charge in [0.2, 0.25) is 0 Å². The summed E-state index contributed by atoms with van der Waals surface area (Å²) >= 11 is 0. The Morgan fingerprint density at radius 3 is 2.81 bits per heavy atom. The number of fused-ring (bicyclic) bond motifs is 1. The zero-order chi connectivity index (χ0) is 15.2. The molecule has 114 valence electrons. The van der Waals surface area contributed by atoms with Crippen molar-refractivity contribution in [1.82, 2.24) is 9.88 Å². The maximum Gasteiger partial charge on any atom is 0.150 e. The van der Waals surface area contributed by atoms with Crippen molar-refractivity contribution in [3.63, 3.8) is 0 Å². The average molecular weight is 290 g/mol. The average Bonchev–Trinajstić information content (AvgIpc) is 2.50. The standard InChI is InChI=1S/C16H23FN4/c1-3-21(4-2)10-6-9-20-16-13(17)11-14(18)12-7-5-8-19-15(12)16/h5,7-8,11,20H,3-4,6,9-10,18H2,1-2H3. The first-order valence-electron chi connectivity index (χ1n) is 7.46. The molecule has 0 atom stereocenters. The lowest BCUT2D eigenvalue weighted by atomic mass is 10.1. The van der Waals surface area contributed by atoms with Crippen LogP contribution in [0.5, 0.6) is 0 Å². The maximum atomic E-state index is 14.1. The molecule has 3 N–H and O–H groups in total. The van der Waals surface area contributed by atoms with Crippen LogP contribution >= 0.6 is 0 Å². The van der Waals surface area contributed by atoms with Crippen molar-refractivity contribution in [3.05, 3.63) is 30.2 Å². The molecule has 0 amide bonds. The Labute approximate surface area is 125 Å². The molecule has 5 heteroatoms. The van der Waals surface area contributed by atoms with E-state index < -0.39 is 0 Å². The summed E-state index contributed by atoms with van der Waals surface area (Å²) in [7, 11) is 0. The Hall–Kier alpha value is -1.88. The smallest absolute Gasteiger partial charge is 0.150 e. The highest BCUT2D eigenvalue weighted by molar-refractivity contribution is 5.98. The second-order valence-electron chi connectivity index (χ2n) is 5.03. The molecule has 0 aliphatic carbocycles. The number of nitrogens with two attached hydrogens (primary N) is 1. The summed E-state index contributed by atoms with van der Waals surface area (Å²) in [6, 6.07) is 5.02. The second kappa shape index (κ2) is 7.22. The van der Waals surface area contributed by atoms with Crippen molar-refractivity contribution in [3.8, 4) is 0 Å². The number of nitrogens with zero attached hydrogens (tertiary/aromatic N) is 2. The van der Waals surface area contributed by atoms with Crippen molar-refractivity contribution in [1.29, 1.82) is 0 Å². The molecule has 2 rings (SSSR count). The van der Waals surface area contributed by atoms with Gasteiger partial charge < -0.3 is 16.0 Å². The fraction of sp³-hybridized carbons (Fsp3) is 0.438. The number of halogens is 1. The maximum absolute atomic E-state index is 14.1. The Morgan fingerprint density at radius 1 is 1.33 bits per heavy atom. The predicted octanol–water partition coefficient (Wildman–Crippen LogP) is 3.10. The molecular formula is C16H23FN4. The molecule has 0 aliphatic heterocycles. The molecule has 0 aliphatic rings. The van der Waals surface area contributed by atoms with Crippen LogP contribution in [0.2, 0.25) is 0 Å². The molecule has 0 saturated heterocycles. The summed E-state index contributed by atoms with van der Waals surface area (Å²) in [6.07, 6.45) is 2.61. The van der Waals surface area contributed by atoms with Crippen LogP contribution in [0.3, 0.4) is 0 Å². The first-order valence-corrected chi connectivity index (χ1v) is 7.46. The normalized spacial score (nSPS) is 11.2. The van der Waals surface area contributed by atoms with Gasteiger partial charge in [-0.05, 0) is 44.3 Å². The summed E-state index contributed by atoms with van der Waals surface area (Å²) in [5.74, 6) is -0.346. The van der Waals surface area contributed by atoms with Crippen LogP contribution in [0.1, 0.15) is 20.3 Å². The number of hydrogen-bond donors (Lipinski definition) is 2. The lowest BCUT2D eigenvalue weighted by molar-refractivity contribution is 0.303. The lowest BCUT2D eigenvalue weighted by Gasteiger charge is -2.18. The highest BCUT2D eigenvalue weighted by atomic mass is 19.1. The molecular weight excluding hydrogens is 267 g/mol. The van der Waals surface area contributed by atoms with Crippen LogP contribution in [0.25, 0.3) is 10.9 Å². The van der Waals surface area contributed by atoms with Gasteiger partial charge in [-0.1, -0.05) is 13.8 Å². The quantitative estimate of drug-likeness (QED) is 0.608. The monoisotopic (exact) mass is 290 g/mol. The minimum Gasteiger partial charge on any atom is -0.398 e. The van der Waals surface area contributed by atoms with Crippen LogP contribution in [-0.4, -0.2) is 36.1 Å². The number of aromatic nitrogens is 1. The summed E-state index contributed by atoms with van der Waals surface area (Å²) in [6.45, 7) is 8.08. The molecule has 1 aromatic carbocycles. The van der Waals surface area contributed by atoms with Gasteiger partial charge in [0, 0.05) is 23.8 Å². The number of anilines is 2. The van der Waals surface area contributed by atoms with Gasteiger partial charge in [-0.25, -0.2) is 4.39 Å². The van der Waals surface area contributed by atoms with E-state index in [2.05, 4.69) is 29.0 Å². The van der Waals surface area contributed by atoms with E-state index in [0.29, 0.717) is 23.4 Å². The van der Waals surface area contributed by atoms with Gasteiger partial charge in [-0.15, -0.1) is 0 Å². The summed E-state index contributed by atoms with van der Waals surface area (Å²) < 4.78 is 14.1. The number of nitrogen functional groups attached to an aromatic ring is 1. The SMILES string of the molecule is CCN(CC)CCCNc1c(F)cc(N)c2cccnc12. The van der Waals surface area contributed by atoms with E-state index in [1.54, 1.807) is 12.3 Å². The molecule has 0 bridgehead atoms. The molecule has 0 saturated carbocycles. The Morgan fingerprint density at radius 2 is 2.10 bits per heavy atom. The largest absolute Gasteiger partial charge is 0.398 e. The molecule has 2 aromatic rings. The van der Waals surface area contributed by atoms with E-state index >= 15 is 0 Å². The van der Waals surface area contributed by atoms with Crippen molar-refractivity contribution in [2.45, 2.75) is 20.3 Å². The van der Waals surface area contributed by atoms with Gasteiger partial charge in [-0.2, -0.15) is 0 Å². The number of rotatable bonds is 7. The van der Waals surface area contributed by atoms with Crippen LogP contribution < -0.4 is 11.1 Å². The fourth-order valence-corrected chi connectivity index (χ4v) is 2.46. The topological polar surface area (TPSA) is 54.2 Å². The number of hydrogen-bond acceptors (Lipinski definition) is 4. The van der Waals surface area contributed by atoms with Crippen LogP contribution in [0.4, 0.5) is 15.8 Å². The number of benzene rings is 1. The second-order valence-corrected chi connectivity index (χ2v) is 5.03. The summed E-state index contributed by atoms with van der Waals surface area (Å²) in [4.78, 5) is 6.60. The van der Waals surface area contributed by atoms with Gasteiger partial charge >= 0.3 is 0 Å². The zero-order valence-electron chi connectivity index (χ0n) is 12.7. The van der Waals surface area contributed by atoms with E-state index in [0.717, 1.165) is 31.4 Å². The van der Waals surface area contributed by atoms with Crippen molar-refractivity contribution >= 4 is 22.3 Å². The van der Waals surface area contributed by atoms with E-state index in [4.69, 9.17) is 5.73 Å². The summed E-state index contributed by atoms with van der Waals surface area (Å²) in [5, 5.41) is 3.95. The third-order valence-corrected chi connectivity index (χ3v) is 3.72. The van der Waals surface area contributed by atoms with Crippen LogP contribution in [0, 0.1) is 5.82 Å². The Kier molecular flexibility index (Phi) is 5.33. The van der Waals surface area contributed by atoms with Gasteiger partial charge in [0.25, 0.3) is 0 Å². The highest BCUT2D eigenvalue weighted by Gasteiger charge is 2.11. The fourth-order valence-electron chi connectivity index (χ4n) is 2.46. The van der Waals surface area contributed by atoms with Gasteiger partial charge in [0.1, 0.15) is 0 Å². The van der Waals surface area contributed by atoms with Crippen LogP contribution in [0.15, 0.2) is 24.4 Å². The van der Waals surface area contributed by atoms with Crippen LogP contribution in [-0.2, 0) is 0 Å². The first kappa shape index (κ1) is 15.5. The number of pyridine rings is 1. The minimum absolute atomic E-state index is 0.346. The molecule has 0 radical (unpaired) electrons. The van der Waals surface area contributed by atoms with Gasteiger partial charge in [-0.3, -0.25) is 4.98 Å². The van der Waals surface area contributed by atoms with E-state index in [1.807, 2.05) is 6.07 Å². The molecule has 1 aromatic heterocycles. The van der Waals surface area contributed by atoms with Crippen molar-refractivity contribution < 1.29 is 4.39 Å². The Balaban J connectivity index is 2.08. The third kappa shape index (κ3) is 3.61. The zero-order valence-corrected chi connectivity index (χ0v) is 12.7. The highest BCUT2D eigenvalue weighted by Crippen LogP contribution is 2.29. The third-order valence-electron chi connectivity index (χ3n) is 3.72. The van der Waals surface area contributed by atoms with E-state index in [-0.39, 0.29) is 5.82 Å². The minimum atomic E-state index is -0.346. The molecule has 0 spiro atoms. The molecule has 4 nitrogen and oxygen atoms in total. The molecule has 0 fully saturated rings.